The second kappa shape index (κ2) is 4.60. The summed E-state index contributed by atoms with van der Waals surface area (Å²) in [6, 6.07) is 11.6. The second-order valence-corrected chi connectivity index (χ2v) is 4.89. The highest BCUT2D eigenvalue weighted by Gasteiger charge is 2.19. The first-order chi connectivity index (χ1) is 9.56. The van der Waals surface area contributed by atoms with Crippen molar-refractivity contribution >= 4 is 16.8 Å². The SMILES string of the molecule is Cc1ccc(C(=O)c2oc3ccc(F)cc3c2C)cc1. The molecular formula is C17H13FO2. The minimum Gasteiger partial charge on any atom is -0.452 e. The van der Waals surface area contributed by atoms with E-state index >= 15 is 0 Å². The van der Waals surface area contributed by atoms with Crippen LogP contribution in [0.5, 0.6) is 0 Å². The number of hydrogen-bond acceptors (Lipinski definition) is 2. The minimum absolute atomic E-state index is 0.181. The van der Waals surface area contributed by atoms with Crippen molar-refractivity contribution in [2.45, 2.75) is 13.8 Å². The molecule has 0 spiro atoms. The standard InChI is InChI=1S/C17H13FO2/c1-10-3-5-12(6-4-10)16(19)17-11(2)14-9-13(18)7-8-15(14)20-17/h3-9H,1-2H3. The van der Waals surface area contributed by atoms with Gasteiger partial charge in [-0.2, -0.15) is 0 Å². The van der Waals surface area contributed by atoms with Gasteiger partial charge in [0.15, 0.2) is 5.76 Å². The topological polar surface area (TPSA) is 30.2 Å². The number of furan rings is 1. The summed E-state index contributed by atoms with van der Waals surface area (Å²) >= 11 is 0. The number of aryl methyl sites for hydroxylation is 2. The van der Waals surface area contributed by atoms with Crippen LogP contribution in [0.3, 0.4) is 0 Å². The van der Waals surface area contributed by atoms with Crippen LogP contribution in [0, 0.1) is 19.7 Å². The Bertz CT molecular complexity index is 798. The number of fused-ring (bicyclic) bond motifs is 1. The van der Waals surface area contributed by atoms with Crippen LogP contribution in [0.2, 0.25) is 0 Å². The zero-order chi connectivity index (χ0) is 14.3. The van der Waals surface area contributed by atoms with Gasteiger partial charge >= 0.3 is 0 Å². The molecule has 0 saturated carbocycles. The first kappa shape index (κ1) is 12.6. The summed E-state index contributed by atoms with van der Waals surface area (Å²) in [6.45, 7) is 3.73. The summed E-state index contributed by atoms with van der Waals surface area (Å²) in [4.78, 5) is 12.4. The quantitative estimate of drug-likeness (QED) is 0.644. The number of carbonyl (C=O) groups is 1. The fourth-order valence-electron chi connectivity index (χ4n) is 2.25. The molecule has 0 aliphatic rings. The van der Waals surface area contributed by atoms with Gasteiger partial charge in [-0.25, -0.2) is 4.39 Å². The van der Waals surface area contributed by atoms with E-state index < -0.39 is 0 Å². The molecule has 1 aromatic heterocycles. The maximum Gasteiger partial charge on any atom is 0.228 e. The zero-order valence-corrected chi connectivity index (χ0v) is 11.2. The number of ketones is 1. The molecule has 100 valence electrons. The lowest BCUT2D eigenvalue weighted by Gasteiger charge is -1.99. The molecule has 20 heavy (non-hydrogen) atoms. The molecule has 0 saturated heterocycles. The van der Waals surface area contributed by atoms with E-state index in [1.165, 1.54) is 12.1 Å². The van der Waals surface area contributed by atoms with Crippen LogP contribution in [-0.4, -0.2) is 5.78 Å². The predicted octanol–water partition coefficient (Wildman–Crippen LogP) is 4.42. The van der Waals surface area contributed by atoms with Crippen LogP contribution < -0.4 is 0 Å². The molecule has 0 atom stereocenters. The van der Waals surface area contributed by atoms with E-state index in [1.807, 2.05) is 19.1 Å². The van der Waals surface area contributed by atoms with E-state index in [2.05, 4.69) is 0 Å². The van der Waals surface area contributed by atoms with Crippen LogP contribution in [-0.2, 0) is 0 Å². The highest BCUT2D eigenvalue weighted by atomic mass is 19.1. The molecule has 0 radical (unpaired) electrons. The van der Waals surface area contributed by atoms with Gasteiger partial charge in [0.1, 0.15) is 11.4 Å². The lowest BCUT2D eigenvalue weighted by Crippen LogP contribution is -2.01. The molecule has 0 aliphatic heterocycles. The molecule has 3 heteroatoms. The molecule has 2 nitrogen and oxygen atoms in total. The monoisotopic (exact) mass is 268 g/mol. The highest BCUT2D eigenvalue weighted by Crippen LogP contribution is 2.27. The summed E-state index contributed by atoms with van der Waals surface area (Å²) in [5, 5.41) is 0.639. The summed E-state index contributed by atoms with van der Waals surface area (Å²) in [6.07, 6.45) is 0. The molecule has 2 aromatic carbocycles. The third-order valence-corrected chi connectivity index (χ3v) is 3.42. The lowest BCUT2D eigenvalue weighted by atomic mass is 10.0. The molecule has 0 bridgehead atoms. The van der Waals surface area contributed by atoms with Crippen molar-refractivity contribution in [3.8, 4) is 0 Å². The minimum atomic E-state index is -0.337. The van der Waals surface area contributed by atoms with Gasteiger partial charge < -0.3 is 4.42 Å². The normalized spacial score (nSPS) is 10.9. The Kier molecular flexibility index (Phi) is 2.90. The average molecular weight is 268 g/mol. The maximum atomic E-state index is 13.3. The van der Waals surface area contributed by atoms with Crippen LogP contribution >= 0.6 is 0 Å². The van der Waals surface area contributed by atoms with Crippen molar-refractivity contribution in [1.82, 2.24) is 0 Å². The maximum absolute atomic E-state index is 13.3. The largest absolute Gasteiger partial charge is 0.452 e. The van der Waals surface area contributed by atoms with Gasteiger partial charge in [0, 0.05) is 16.5 Å². The molecule has 0 amide bonds. The van der Waals surface area contributed by atoms with Crippen LogP contribution in [0.15, 0.2) is 46.9 Å². The molecule has 3 aromatic rings. The number of carbonyl (C=O) groups excluding carboxylic acids is 1. The van der Waals surface area contributed by atoms with E-state index in [0.717, 1.165) is 5.56 Å². The van der Waals surface area contributed by atoms with Gasteiger partial charge in [-0.3, -0.25) is 4.79 Å². The Labute approximate surface area is 115 Å². The van der Waals surface area contributed by atoms with Crippen molar-refractivity contribution in [2.75, 3.05) is 0 Å². The number of rotatable bonds is 2. The predicted molar refractivity (Wildman–Crippen MR) is 75.5 cm³/mol. The summed E-state index contributed by atoms with van der Waals surface area (Å²) in [5.41, 5.74) is 2.85. The molecule has 3 rings (SSSR count). The van der Waals surface area contributed by atoms with Gasteiger partial charge in [0.2, 0.25) is 5.78 Å². The first-order valence-electron chi connectivity index (χ1n) is 6.36. The van der Waals surface area contributed by atoms with Crippen molar-refractivity contribution in [2.24, 2.45) is 0 Å². The third kappa shape index (κ3) is 2.01. The van der Waals surface area contributed by atoms with Crippen molar-refractivity contribution in [3.05, 3.63) is 70.7 Å². The van der Waals surface area contributed by atoms with Crippen molar-refractivity contribution in [1.29, 1.82) is 0 Å². The Morgan fingerprint density at radius 3 is 2.45 bits per heavy atom. The molecule has 1 heterocycles. The number of halogens is 1. The van der Waals surface area contributed by atoms with E-state index in [4.69, 9.17) is 4.42 Å². The molecule has 0 aliphatic carbocycles. The van der Waals surface area contributed by atoms with Gasteiger partial charge in [0.05, 0.1) is 0 Å². The highest BCUT2D eigenvalue weighted by molar-refractivity contribution is 6.10. The average Bonchev–Trinajstić information content (AvgIpc) is 2.76. The van der Waals surface area contributed by atoms with Crippen LogP contribution in [0.25, 0.3) is 11.0 Å². The third-order valence-electron chi connectivity index (χ3n) is 3.42. The molecule has 0 N–H and O–H groups in total. The Hall–Kier alpha value is -2.42. The number of benzene rings is 2. The Morgan fingerprint density at radius 1 is 1.05 bits per heavy atom. The van der Waals surface area contributed by atoms with E-state index in [-0.39, 0.29) is 17.4 Å². The fraction of sp³-hybridized carbons (Fsp3) is 0.118. The number of hydrogen-bond donors (Lipinski definition) is 0. The Balaban J connectivity index is 2.12. The molecule has 0 unspecified atom stereocenters. The first-order valence-corrected chi connectivity index (χ1v) is 6.36. The van der Waals surface area contributed by atoms with Gasteiger partial charge in [-0.05, 0) is 32.0 Å². The molecule has 0 fully saturated rings. The second-order valence-electron chi connectivity index (χ2n) is 4.89. The van der Waals surface area contributed by atoms with Gasteiger partial charge in [-0.15, -0.1) is 0 Å². The van der Waals surface area contributed by atoms with E-state index in [1.54, 1.807) is 25.1 Å². The van der Waals surface area contributed by atoms with Crippen molar-refractivity contribution in [3.63, 3.8) is 0 Å². The summed E-state index contributed by atoms with van der Waals surface area (Å²) < 4.78 is 18.9. The van der Waals surface area contributed by atoms with Gasteiger partial charge in [-0.1, -0.05) is 29.8 Å². The van der Waals surface area contributed by atoms with Crippen molar-refractivity contribution < 1.29 is 13.6 Å². The van der Waals surface area contributed by atoms with E-state index in [9.17, 15) is 9.18 Å². The lowest BCUT2D eigenvalue weighted by molar-refractivity contribution is 0.101. The summed E-state index contributed by atoms with van der Waals surface area (Å²) in [7, 11) is 0. The van der Waals surface area contributed by atoms with Crippen LogP contribution in [0.1, 0.15) is 27.2 Å². The fourth-order valence-corrected chi connectivity index (χ4v) is 2.25. The molecular weight excluding hydrogens is 255 g/mol. The smallest absolute Gasteiger partial charge is 0.228 e. The van der Waals surface area contributed by atoms with E-state index in [0.29, 0.717) is 22.1 Å². The van der Waals surface area contributed by atoms with Crippen LogP contribution in [0.4, 0.5) is 4.39 Å². The van der Waals surface area contributed by atoms with Gasteiger partial charge in [0.25, 0.3) is 0 Å². The summed E-state index contributed by atoms with van der Waals surface area (Å²) in [5.74, 6) is -0.246. The Morgan fingerprint density at radius 2 is 1.75 bits per heavy atom. The zero-order valence-electron chi connectivity index (χ0n) is 11.2.